The zero-order valence-electron chi connectivity index (χ0n) is 22.0. The Labute approximate surface area is 225 Å². The van der Waals surface area contributed by atoms with E-state index in [1.807, 2.05) is 19.1 Å². The summed E-state index contributed by atoms with van der Waals surface area (Å²) in [6, 6.07) is 5.41. The number of sulfone groups is 1. The maximum Gasteiger partial charge on any atom is 0.389 e. The zero-order chi connectivity index (χ0) is 28.4. The molecule has 0 saturated heterocycles. The molecule has 0 fully saturated rings. The van der Waals surface area contributed by atoms with Crippen LogP contribution in [0.5, 0.6) is 5.75 Å². The molecule has 1 aromatic carbocycles. The molecule has 2 heterocycles. The maximum absolute atomic E-state index is 13.5. The van der Waals surface area contributed by atoms with E-state index in [-0.39, 0.29) is 24.4 Å². The molecule has 13 heteroatoms. The number of amides is 2. The second kappa shape index (κ2) is 11.2. The Morgan fingerprint density at radius 3 is 2.74 bits per heavy atom. The maximum atomic E-state index is 13.5. The largest absolute Gasteiger partial charge is 0.494 e. The average molecular weight is 571 g/mol. The van der Waals surface area contributed by atoms with Crippen molar-refractivity contribution in [1.82, 2.24) is 15.1 Å². The highest BCUT2D eigenvalue weighted by Gasteiger charge is 2.45. The van der Waals surface area contributed by atoms with E-state index >= 15 is 0 Å². The lowest BCUT2D eigenvalue weighted by atomic mass is 9.72. The van der Waals surface area contributed by atoms with Gasteiger partial charge in [0.05, 0.1) is 17.8 Å². The van der Waals surface area contributed by atoms with Crippen LogP contribution in [0.3, 0.4) is 0 Å². The summed E-state index contributed by atoms with van der Waals surface area (Å²) < 4.78 is 67.7. The van der Waals surface area contributed by atoms with Gasteiger partial charge in [-0.2, -0.15) is 18.3 Å². The highest BCUT2D eigenvalue weighted by Crippen LogP contribution is 2.43. The summed E-state index contributed by atoms with van der Waals surface area (Å²) in [6.45, 7) is 2.51. The molecule has 2 N–H and O–H groups in total. The van der Waals surface area contributed by atoms with Gasteiger partial charge in [-0.3, -0.25) is 14.3 Å². The molecule has 0 unspecified atom stereocenters. The van der Waals surface area contributed by atoms with Gasteiger partial charge in [-0.25, -0.2) is 8.42 Å². The first-order valence-corrected chi connectivity index (χ1v) is 15.1. The Hall–Kier alpha value is -3.09. The Morgan fingerprint density at radius 2 is 2.05 bits per heavy atom. The van der Waals surface area contributed by atoms with Crippen molar-refractivity contribution in [3.8, 4) is 5.75 Å². The van der Waals surface area contributed by atoms with E-state index in [1.54, 1.807) is 10.7 Å². The molecule has 1 aromatic heterocycles. The molecule has 9 nitrogen and oxygen atoms in total. The predicted octanol–water partition coefficient (Wildman–Crippen LogP) is 3.91. The fourth-order valence-electron chi connectivity index (χ4n) is 5.34. The summed E-state index contributed by atoms with van der Waals surface area (Å²) in [6.07, 6.45) is -0.00515. The number of hydrogen-bond donors (Lipinski definition) is 2. The quantitative estimate of drug-likeness (QED) is 0.418. The van der Waals surface area contributed by atoms with Crippen LogP contribution in [0.2, 0.25) is 0 Å². The van der Waals surface area contributed by atoms with E-state index < -0.39 is 45.5 Å². The van der Waals surface area contributed by atoms with E-state index in [1.165, 1.54) is 0 Å². The smallest absolute Gasteiger partial charge is 0.389 e. The number of unbranched alkanes of at least 4 members (excludes halogenated alkanes) is 1. The number of fused-ring (bicyclic) bond motifs is 3. The van der Waals surface area contributed by atoms with Crippen molar-refractivity contribution in [3.63, 3.8) is 0 Å². The fraction of sp³-hybridized carbons (Fsp3) is 0.577. The lowest BCUT2D eigenvalue weighted by Crippen LogP contribution is -2.53. The fourth-order valence-corrected chi connectivity index (χ4v) is 5.88. The summed E-state index contributed by atoms with van der Waals surface area (Å²) in [4.78, 5) is 25.9. The minimum absolute atomic E-state index is 0.0424. The van der Waals surface area contributed by atoms with Gasteiger partial charge in [0.1, 0.15) is 17.1 Å². The van der Waals surface area contributed by atoms with Gasteiger partial charge in [0, 0.05) is 25.6 Å². The van der Waals surface area contributed by atoms with Gasteiger partial charge in [0.15, 0.2) is 15.7 Å². The second-order valence-electron chi connectivity index (χ2n) is 10.3. The topological polar surface area (TPSA) is 119 Å². The second-order valence-corrected chi connectivity index (χ2v) is 12.5. The van der Waals surface area contributed by atoms with Crippen molar-refractivity contribution < 1.29 is 35.9 Å². The molecule has 4 rings (SSSR count). The van der Waals surface area contributed by atoms with Crippen LogP contribution in [0.15, 0.2) is 18.2 Å². The third-order valence-electron chi connectivity index (χ3n) is 7.00. The third kappa shape index (κ3) is 6.92. The van der Waals surface area contributed by atoms with Crippen LogP contribution >= 0.6 is 0 Å². The Bertz CT molecular complexity index is 1360. The zero-order valence-corrected chi connectivity index (χ0v) is 22.8. The van der Waals surface area contributed by atoms with E-state index in [2.05, 4.69) is 15.7 Å². The molecule has 39 heavy (non-hydrogen) atoms. The van der Waals surface area contributed by atoms with Crippen LogP contribution in [0.25, 0.3) is 0 Å². The van der Waals surface area contributed by atoms with E-state index in [9.17, 15) is 31.2 Å². The minimum atomic E-state index is -4.22. The van der Waals surface area contributed by atoms with Gasteiger partial charge in [-0.1, -0.05) is 19.4 Å². The number of aromatic nitrogens is 2. The molecule has 1 aliphatic heterocycles. The summed E-state index contributed by atoms with van der Waals surface area (Å²) in [5, 5.41) is 10.1. The van der Waals surface area contributed by atoms with Crippen LogP contribution in [-0.4, -0.2) is 54.8 Å². The van der Waals surface area contributed by atoms with Crippen molar-refractivity contribution in [2.45, 2.75) is 76.6 Å². The highest BCUT2D eigenvalue weighted by atomic mass is 32.2. The van der Waals surface area contributed by atoms with Crippen LogP contribution in [-0.2, 0) is 39.6 Å². The molecule has 0 radical (unpaired) electrons. The summed E-state index contributed by atoms with van der Waals surface area (Å²) >= 11 is 0. The van der Waals surface area contributed by atoms with Crippen molar-refractivity contribution in [2.24, 2.45) is 0 Å². The first-order chi connectivity index (χ1) is 18.3. The number of aryl methyl sites for hydroxylation is 2. The Balaban J connectivity index is 1.61. The molecular formula is C26H33F3N4O5S. The van der Waals surface area contributed by atoms with Gasteiger partial charge in [-0.15, -0.1) is 0 Å². The first kappa shape index (κ1) is 28.9. The molecule has 2 aromatic rings. The van der Waals surface area contributed by atoms with Gasteiger partial charge < -0.3 is 15.4 Å². The third-order valence-corrected chi connectivity index (χ3v) is 7.78. The molecular weight excluding hydrogens is 537 g/mol. The van der Waals surface area contributed by atoms with Crippen LogP contribution < -0.4 is 15.4 Å². The lowest BCUT2D eigenvalue weighted by Gasteiger charge is -2.42. The number of ether oxygens (including phenoxy) is 1. The van der Waals surface area contributed by atoms with Gasteiger partial charge in [0.2, 0.25) is 5.91 Å². The van der Waals surface area contributed by atoms with Crippen molar-refractivity contribution >= 4 is 27.5 Å². The summed E-state index contributed by atoms with van der Waals surface area (Å²) in [5.41, 5.74) is 2.06. The number of alkyl halides is 3. The van der Waals surface area contributed by atoms with Gasteiger partial charge >= 0.3 is 6.18 Å². The number of rotatable bonds is 10. The van der Waals surface area contributed by atoms with E-state index in [0.29, 0.717) is 30.8 Å². The summed E-state index contributed by atoms with van der Waals surface area (Å²) in [5.74, 6) is -1.36. The monoisotopic (exact) mass is 570 g/mol. The number of hydrogen-bond acceptors (Lipinski definition) is 6. The van der Waals surface area contributed by atoms with Crippen LogP contribution in [0.1, 0.15) is 72.6 Å². The molecule has 214 valence electrons. The SMILES string of the molecule is CCCCn1nc(NC(=O)CS(C)(=O)=O)c2c1C[C@]1(CCCc3cc(OCCCC(F)(F)F)ccc31)NC2=O. The molecule has 1 spiro atoms. The molecule has 2 amide bonds. The summed E-state index contributed by atoms with van der Waals surface area (Å²) in [7, 11) is -3.57. The lowest BCUT2D eigenvalue weighted by molar-refractivity contribution is -0.136. The van der Waals surface area contributed by atoms with Gasteiger partial charge in [-0.05, 0) is 55.4 Å². The molecule has 0 bridgehead atoms. The molecule has 1 atom stereocenters. The predicted molar refractivity (Wildman–Crippen MR) is 138 cm³/mol. The number of nitrogens with one attached hydrogen (secondary N) is 2. The van der Waals surface area contributed by atoms with Crippen molar-refractivity contribution in [1.29, 1.82) is 0 Å². The average Bonchev–Trinajstić information content (AvgIpc) is 3.15. The molecule has 1 aliphatic carbocycles. The van der Waals surface area contributed by atoms with Crippen LogP contribution in [0.4, 0.5) is 19.0 Å². The van der Waals surface area contributed by atoms with Crippen molar-refractivity contribution in [2.75, 3.05) is 23.9 Å². The van der Waals surface area contributed by atoms with Crippen LogP contribution in [0, 0.1) is 0 Å². The number of anilines is 1. The molecule has 2 aliphatic rings. The Kier molecular flexibility index (Phi) is 8.29. The number of carbonyl (C=O) groups is 2. The van der Waals surface area contributed by atoms with Gasteiger partial charge in [0.25, 0.3) is 5.91 Å². The number of halogens is 3. The molecule has 0 saturated carbocycles. The van der Waals surface area contributed by atoms with E-state index in [0.717, 1.165) is 43.1 Å². The normalized spacial score (nSPS) is 18.8. The highest BCUT2D eigenvalue weighted by molar-refractivity contribution is 7.91. The van der Waals surface area contributed by atoms with E-state index in [4.69, 9.17) is 4.74 Å². The standard InChI is InChI=1S/C26H33F3N4O5S/c1-3-4-12-33-20-15-25(31-24(35)22(20)23(32-33)30-21(34)16-39(2,36)37)10-5-7-17-14-18(8-9-19(17)25)38-13-6-11-26(27,28)29/h8-9,14H,3-7,10-13,15-16H2,1-2H3,(H,31,35)(H,30,32,34)/t25-/m0/s1. The Morgan fingerprint density at radius 1 is 1.28 bits per heavy atom. The number of nitrogens with zero attached hydrogens (tertiary/aromatic N) is 2. The number of benzene rings is 1. The first-order valence-electron chi connectivity index (χ1n) is 13.0. The number of carbonyl (C=O) groups excluding carboxylic acids is 2. The minimum Gasteiger partial charge on any atom is -0.494 e. The van der Waals surface area contributed by atoms with Crippen molar-refractivity contribution in [3.05, 3.63) is 40.6 Å².